The number of likely N-dealkylation sites (tertiary alicyclic amines) is 1. The van der Waals surface area contributed by atoms with Crippen LogP contribution in [0.3, 0.4) is 0 Å². The molecular formula is C22H23NO2S. The van der Waals surface area contributed by atoms with Crippen molar-refractivity contribution in [3.63, 3.8) is 0 Å². The molecule has 2 fully saturated rings. The molecule has 0 bridgehead atoms. The number of allylic oxidation sites excluding steroid dienone is 1. The molecule has 1 spiro atoms. The summed E-state index contributed by atoms with van der Waals surface area (Å²) in [7, 11) is 0. The number of nitrogens with zero attached hydrogens (tertiary/aromatic N) is 1. The molecule has 1 aromatic carbocycles. The van der Waals surface area contributed by atoms with Gasteiger partial charge in [-0.2, -0.15) is 0 Å². The van der Waals surface area contributed by atoms with E-state index in [0.717, 1.165) is 28.9 Å². The summed E-state index contributed by atoms with van der Waals surface area (Å²) in [6.45, 7) is 5.56. The number of ketones is 1. The fourth-order valence-electron chi connectivity index (χ4n) is 4.61. The summed E-state index contributed by atoms with van der Waals surface area (Å²) in [5.74, 6) is 0.0523. The summed E-state index contributed by atoms with van der Waals surface area (Å²) >= 11 is 1.64. The Balaban J connectivity index is 1.66. The van der Waals surface area contributed by atoms with E-state index in [1.165, 1.54) is 0 Å². The number of hydrogen-bond acceptors (Lipinski definition) is 3. The van der Waals surface area contributed by atoms with Gasteiger partial charge in [0.25, 0.3) is 0 Å². The zero-order chi connectivity index (χ0) is 18.1. The third kappa shape index (κ3) is 2.73. The van der Waals surface area contributed by atoms with Crippen LogP contribution in [-0.2, 0) is 16.1 Å². The van der Waals surface area contributed by atoms with E-state index in [-0.39, 0.29) is 17.6 Å². The van der Waals surface area contributed by atoms with E-state index in [2.05, 4.69) is 6.58 Å². The van der Waals surface area contributed by atoms with Crippen LogP contribution in [-0.4, -0.2) is 23.1 Å². The predicted molar refractivity (Wildman–Crippen MR) is 105 cm³/mol. The van der Waals surface area contributed by atoms with Crippen molar-refractivity contribution in [2.45, 2.75) is 32.2 Å². The minimum Gasteiger partial charge on any atom is -0.337 e. The second-order valence-corrected chi connectivity index (χ2v) is 8.25. The molecule has 0 N–H and O–H groups in total. The molecule has 2 aliphatic rings. The fraction of sp³-hybridized carbons (Fsp3) is 0.364. The van der Waals surface area contributed by atoms with E-state index in [0.29, 0.717) is 25.9 Å². The second-order valence-electron chi connectivity index (χ2n) is 7.30. The maximum atomic E-state index is 13.5. The number of benzene rings is 1. The van der Waals surface area contributed by atoms with Crippen LogP contribution in [0.25, 0.3) is 5.57 Å². The molecule has 2 atom stereocenters. The zero-order valence-electron chi connectivity index (χ0n) is 14.8. The van der Waals surface area contributed by atoms with Crippen molar-refractivity contribution in [3.05, 3.63) is 64.9 Å². The normalized spacial score (nSPS) is 25.8. The van der Waals surface area contributed by atoms with Crippen molar-refractivity contribution in [2.24, 2.45) is 11.3 Å². The van der Waals surface area contributed by atoms with Crippen LogP contribution in [0.5, 0.6) is 0 Å². The van der Waals surface area contributed by atoms with Gasteiger partial charge in [0, 0.05) is 30.3 Å². The predicted octanol–water partition coefficient (Wildman–Crippen LogP) is 4.55. The highest BCUT2D eigenvalue weighted by molar-refractivity contribution is 7.11. The van der Waals surface area contributed by atoms with Gasteiger partial charge in [-0.1, -0.05) is 43.0 Å². The lowest BCUT2D eigenvalue weighted by atomic mass is 9.65. The number of rotatable bonds is 4. The summed E-state index contributed by atoms with van der Waals surface area (Å²) < 4.78 is 0. The Kier molecular flexibility index (Phi) is 4.53. The lowest BCUT2D eigenvalue weighted by Crippen LogP contribution is -2.55. The maximum absolute atomic E-state index is 13.5. The van der Waals surface area contributed by atoms with Crippen LogP contribution >= 0.6 is 11.3 Å². The number of thiophene rings is 1. The number of carbonyl (C=O) groups is 2. The second kappa shape index (κ2) is 6.84. The number of amides is 1. The van der Waals surface area contributed by atoms with E-state index in [9.17, 15) is 9.59 Å². The van der Waals surface area contributed by atoms with Gasteiger partial charge in [0.1, 0.15) is 11.2 Å². The summed E-state index contributed by atoms with van der Waals surface area (Å²) in [5.41, 5.74) is 1.17. The summed E-state index contributed by atoms with van der Waals surface area (Å²) in [5, 5.41) is 2.02. The molecule has 1 saturated carbocycles. The van der Waals surface area contributed by atoms with Crippen molar-refractivity contribution < 1.29 is 9.59 Å². The summed E-state index contributed by atoms with van der Waals surface area (Å²) in [4.78, 5) is 29.5. The number of Topliss-reactive ketones (excluding diaryl/α,β-unsaturated/α-hetero) is 1. The molecule has 2 heterocycles. The van der Waals surface area contributed by atoms with Gasteiger partial charge in [0.05, 0.1) is 0 Å². The first-order chi connectivity index (χ1) is 12.6. The highest BCUT2D eigenvalue weighted by Gasteiger charge is 2.58. The van der Waals surface area contributed by atoms with E-state index in [4.69, 9.17) is 0 Å². The first-order valence-corrected chi connectivity index (χ1v) is 10.1. The van der Waals surface area contributed by atoms with E-state index in [1.54, 1.807) is 11.3 Å². The van der Waals surface area contributed by atoms with Crippen LogP contribution in [0.1, 0.15) is 36.1 Å². The van der Waals surface area contributed by atoms with Crippen LogP contribution < -0.4 is 0 Å². The summed E-state index contributed by atoms with van der Waals surface area (Å²) in [6.07, 6.45) is 2.78. The lowest BCUT2D eigenvalue weighted by molar-refractivity contribution is -0.155. The maximum Gasteiger partial charge on any atom is 0.237 e. The molecule has 134 valence electrons. The van der Waals surface area contributed by atoms with E-state index in [1.807, 2.05) is 52.7 Å². The van der Waals surface area contributed by atoms with Gasteiger partial charge in [-0.25, -0.2) is 0 Å². The molecule has 3 nitrogen and oxygen atoms in total. The number of piperidine rings is 1. The van der Waals surface area contributed by atoms with E-state index < -0.39 is 5.41 Å². The molecule has 4 rings (SSSR count). The van der Waals surface area contributed by atoms with Gasteiger partial charge in [-0.15, -0.1) is 11.3 Å². The molecule has 0 radical (unpaired) electrons. The van der Waals surface area contributed by atoms with E-state index >= 15 is 0 Å². The fourth-order valence-corrected chi connectivity index (χ4v) is 5.36. The highest BCUT2D eigenvalue weighted by atomic mass is 32.1. The van der Waals surface area contributed by atoms with Crippen LogP contribution in [0, 0.1) is 11.3 Å². The largest absolute Gasteiger partial charge is 0.337 e. The molecule has 1 aliphatic carbocycles. The summed E-state index contributed by atoms with van der Waals surface area (Å²) in [6, 6.07) is 14.1. The quantitative estimate of drug-likeness (QED) is 0.746. The van der Waals surface area contributed by atoms with Crippen molar-refractivity contribution in [3.8, 4) is 0 Å². The minimum absolute atomic E-state index is 0.0119. The van der Waals surface area contributed by atoms with Gasteiger partial charge < -0.3 is 4.90 Å². The average molecular weight is 365 g/mol. The van der Waals surface area contributed by atoms with Crippen molar-refractivity contribution in [1.29, 1.82) is 0 Å². The average Bonchev–Trinajstić information content (AvgIpc) is 3.31. The smallest absolute Gasteiger partial charge is 0.237 e. The van der Waals surface area contributed by atoms with Crippen molar-refractivity contribution >= 4 is 28.6 Å². The Morgan fingerprint density at radius 2 is 2.00 bits per heavy atom. The number of hydrogen-bond donors (Lipinski definition) is 0. The zero-order valence-corrected chi connectivity index (χ0v) is 15.6. The van der Waals surface area contributed by atoms with Crippen molar-refractivity contribution in [1.82, 2.24) is 4.90 Å². The molecule has 26 heavy (non-hydrogen) atoms. The lowest BCUT2D eigenvalue weighted by Gasteiger charge is -2.45. The molecule has 4 heteroatoms. The Hall–Kier alpha value is -2.20. The van der Waals surface area contributed by atoms with Crippen LogP contribution in [0.15, 0.2) is 54.4 Å². The Labute approximate surface area is 158 Å². The molecule has 1 saturated heterocycles. The molecular weight excluding hydrogens is 342 g/mol. The SMILES string of the molecule is C=C(c1cccs1)[C@H]1CCN(Cc2ccccc2)C(=O)[C@@]12CCCC2=O. The van der Waals surface area contributed by atoms with Crippen molar-refractivity contribution in [2.75, 3.05) is 6.54 Å². The van der Waals surface area contributed by atoms with Gasteiger partial charge in [-0.3, -0.25) is 9.59 Å². The molecule has 1 aromatic heterocycles. The topological polar surface area (TPSA) is 37.4 Å². The standard InChI is InChI=1S/C22H23NO2S/c1-16(19-9-6-14-26-19)18-11-13-23(15-17-7-3-2-4-8-17)21(25)22(18)12-5-10-20(22)24/h2-4,6-9,14,18H,1,5,10-13,15H2/t18-,22+/m1/s1. The van der Waals surface area contributed by atoms with Gasteiger partial charge >= 0.3 is 0 Å². The third-order valence-corrected chi connectivity index (χ3v) is 6.84. The minimum atomic E-state index is -0.895. The van der Waals surface area contributed by atoms with Crippen LogP contribution in [0.4, 0.5) is 0 Å². The Morgan fingerprint density at radius 1 is 1.19 bits per heavy atom. The van der Waals surface area contributed by atoms with Crippen LogP contribution in [0.2, 0.25) is 0 Å². The molecule has 0 unspecified atom stereocenters. The molecule has 2 aromatic rings. The molecule has 1 amide bonds. The molecule has 1 aliphatic heterocycles. The monoisotopic (exact) mass is 365 g/mol. The Bertz CT molecular complexity index is 827. The van der Waals surface area contributed by atoms with Gasteiger partial charge in [-0.05, 0) is 41.8 Å². The highest BCUT2D eigenvalue weighted by Crippen LogP contribution is 2.52. The first kappa shape index (κ1) is 17.2. The third-order valence-electron chi connectivity index (χ3n) is 5.90. The number of carbonyl (C=O) groups excluding carboxylic acids is 2. The van der Waals surface area contributed by atoms with Gasteiger partial charge in [0.2, 0.25) is 5.91 Å². The Morgan fingerprint density at radius 3 is 2.65 bits per heavy atom. The van der Waals surface area contributed by atoms with Gasteiger partial charge in [0.15, 0.2) is 0 Å². The first-order valence-electron chi connectivity index (χ1n) is 9.22.